The second kappa shape index (κ2) is 5.35. The van der Waals surface area contributed by atoms with E-state index in [1.165, 1.54) is 0 Å². The molecule has 0 aliphatic rings. The van der Waals surface area contributed by atoms with Crippen LogP contribution in [-0.2, 0) is 4.79 Å². The zero-order chi connectivity index (χ0) is 15.8. The van der Waals surface area contributed by atoms with Crippen LogP contribution in [0, 0.1) is 5.41 Å². The first-order chi connectivity index (χ1) is 9.68. The van der Waals surface area contributed by atoms with Gasteiger partial charge in [-0.1, -0.05) is 40.7 Å². The molecule has 0 saturated heterocycles. The highest BCUT2D eigenvalue weighted by molar-refractivity contribution is 5.96. The van der Waals surface area contributed by atoms with Gasteiger partial charge in [-0.05, 0) is 23.6 Å². The number of aromatic amines is 1. The van der Waals surface area contributed by atoms with Gasteiger partial charge in [0.05, 0.1) is 5.52 Å². The molecule has 1 aromatic heterocycles. The van der Waals surface area contributed by atoms with Gasteiger partial charge in [-0.2, -0.15) is 0 Å². The van der Waals surface area contributed by atoms with Gasteiger partial charge in [0.15, 0.2) is 0 Å². The monoisotopic (exact) mass is 286 g/mol. The summed E-state index contributed by atoms with van der Waals surface area (Å²) in [5.74, 6) is 0.217. The average molecular weight is 286 g/mol. The number of hydrogen-bond acceptors (Lipinski definition) is 2. The number of fused-ring (bicyclic) bond motifs is 1. The van der Waals surface area contributed by atoms with Crippen LogP contribution in [0.5, 0.6) is 0 Å². The van der Waals surface area contributed by atoms with E-state index in [1.807, 2.05) is 39.0 Å². The van der Waals surface area contributed by atoms with Gasteiger partial charge in [-0.25, -0.2) is 0 Å². The molecule has 0 aliphatic heterocycles. The summed E-state index contributed by atoms with van der Waals surface area (Å²) in [7, 11) is 0. The lowest BCUT2D eigenvalue weighted by atomic mass is 9.95. The standard InChI is InChI=1S/C17H22N2O2/c1-10(2)13-9-15(20)19-14-8-11(6-7-12(13)14)18-16(21)17(3,4)5/h6-10H,1-5H3,(H,18,21)(H,19,20). The van der Waals surface area contributed by atoms with Gasteiger partial charge in [0.2, 0.25) is 11.5 Å². The quantitative estimate of drug-likeness (QED) is 0.885. The normalized spacial score (nSPS) is 11.9. The number of aromatic nitrogens is 1. The maximum absolute atomic E-state index is 12.0. The number of carbonyl (C=O) groups excluding carboxylic acids is 1. The van der Waals surface area contributed by atoms with Crippen LogP contribution in [0.1, 0.15) is 46.1 Å². The molecule has 21 heavy (non-hydrogen) atoms. The molecule has 0 saturated carbocycles. The molecule has 112 valence electrons. The lowest BCUT2D eigenvalue weighted by Gasteiger charge is -2.18. The highest BCUT2D eigenvalue weighted by atomic mass is 16.2. The second-order valence-corrected chi connectivity index (χ2v) is 6.71. The predicted molar refractivity (Wildman–Crippen MR) is 86.7 cm³/mol. The fourth-order valence-electron chi connectivity index (χ4n) is 2.16. The number of rotatable bonds is 2. The molecular weight excluding hydrogens is 264 g/mol. The summed E-state index contributed by atoms with van der Waals surface area (Å²) in [6.07, 6.45) is 0. The molecule has 1 heterocycles. The van der Waals surface area contributed by atoms with Crippen LogP contribution in [-0.4, -0.2) is 10.9 Å². The third-order valence-electron chi connectivity index (χ3n) is 3.44. The Labute approximate surface area is 124 Å². The number of carbonyl (C=O) groups is 1. The first-order valence-corrected chi connectivity index (χ1v) is 7.17. The van der Waals surface area contributed by atoms with Gasteiger partial charge in [0.1, 0.15) is 0 Å². The van der Waals surface area contributed by atoms with Crippen LogP contribution in [0.2, 0.25) is 0 Å². The summed E-state index contributed by atoms with van der Waals surface area (Å²) in [6, 6.07) is 7.27. The van der Waals surface area contributed by atoms with Gasteiger partial charge in [-0.15, -0.1) is 0 Å². The number of amides is 1. The Balaban J connectivity index is 2.48. The van der Waals surface area contributed by atoms with Gasteiger partial charge in [0.25, 0.3) is 0 Å². The van der Waals surface area contributed by atoms with Crippen LogP contribution in [0.4, 0.5) is 5.69 Å². The molecule has 2 rings (SSSR count). The van der Waals surface area contributed by atoms with Crippen molar-refractivity contribution >= 4 is 22.5 Å². The van der Waals surface area contributed by atoms with E-state index in [4.69, 9.17) is 0 Å². The maximum Gasteiger partial charge on any atom is 0.248 e. The second-order valence-electron chi connectivity index (χ2n) is 6.71. The van der Waals surface area contributed by atoms with Crippen molar-refractivity contribution in [1.82, 2.24) is 4.98 Å². The largest absolute Gasteiger partial charge is 0.326 e. The molecule has 0 fully saturated rings. The summed E-state index contributed by atoms with van der Waals surface area (Å²) >= 11 is 0. The minimum absolute atomic E-state index is 0.0517. The molecule has 4 heteroatoms. The Hall–Kier alpha value is -2.10. The Bertz CT molecular complexity index is 737. The molecule has 4 nitrogen and oxygen atoms in total. The minimum Gasteiger partial charge on any atom is -0.326 e. The average Bonchev–Trinajstić information content (AvgIpc) is 2.35. The number of hydrogen-bond donors (Lipinski definition) is 2. The topological polar surface area (TPSA) is 62.0 Å². The Morgan fingerprint density at radius 1 is 1.19 bits per heavy atom. The van der Waals surface area contributed by atoms with Gasteiger partial charge in [0, 0.05) is 22.6 Å². The van der Waals surface area contributed by atoms with Gasteiger partial charge in [-0.3, -0.25) is 9.59 Å². The smallest absolute Gasteiger partial charge is 0.248 e. The van der Waals surface area contributed by atoms with Gasteiger partial charge < -0.3 is 10.3 Å². The van der Waals surface area contributed by atoms with Crippen molar-refractivity contribution in [3.8, 4) is 0 Å². The van der Waals surface area contributed by atoms with E-state index >= 15 is 0 Å². The molecule has 2 aromatic rings. The maximum atomic E-state index is 12.0. The van der Waals surface area contributed by atoms with E-state index in [2.05, 4.69) is 24.1 Å². The lowest BCUT2D eigenvalue weighted by Crippen LogP contribution is -2.27. The molecule has 0 aliphatic carbocycles. The third-order valence-corrected chi connectivity index (χ3v) is 3.44. The number of nitrogens with one attached hydrogen (secondary N) is 2. The van der Waals surface area contributed by atoms with Crippen LogP contribution in [0.15, 0.2) is 29.1 Å². The summed E-state index contributed by atoms with van der Waals surface area (Å²) in [5.41, 5.74) is 1.88. The van der Waals surface area contributed by atoms with Crippen molar-refractivity contribution in [3.05, 3.63) is 40.2 Å². The molecule has 0 spiro atoms. The Kier molecular flexibility index (Phi) is 3.90. The van der Waals surface area contributed by atoms with Crippen LogP contribution < -0.4 is 10.9 Å². The van der Waals surface area contributed by atoms with E-state index < -0.39 is 5.41 Å². The van der Waals surface area contributed by atoms with Crippen molar-refractivity contribution in [3.63, 3.8) is 0 Å². The van der Waals surface area contributed by atoms with Crippen molar-refractivity contribution in [2.24, 2.45) is 5.41 Å². The Morgan fingerprint density at radius 3 is 2.43 bits per heavy atom. The number of H-pyrrole nitrogens is 1. The number of benzene rings is 1. The number of anilines is 1. The molecule has 1 amide bonds. The molecular formula is C17H22N2O2. The first kappa shape index (κ1) is 15.3. The molecule has 2 N–H and O–H groups in total. The summed E-state index contributed by atoms with van der Waals surface area (Å²) < 4.78 is 0. The van der Waals surface area contributed by atoms with Crippen molar-refractivity contribution in [2.45, 2.75) is 40.5 Å². The number of pyridine rings is 1. The zero-order valence-corrected chi connectivity index (χ0v) is 13.2. The highest BCUT2D eigenvalue weighted by Gasteiger charge is 2.21. The highest BCUT2D eigenvalue weighted by Crippen LogP contribution is 2.25. The first-order valence-electron chi connectivity index (χ1n) is 7.17. The van der Waals surface area contributed by atoms with E-state index in [0.29, 0.717) is 5.69 Å². The molecule has 0 radical (unpaired) electrons. The molecule has 0 atom stereocenters. The van der Waals surface area contributed by atoms with Crippen molar-refractivity contribution in [1.29, 1.82) is 0 Å². The summed E-state index contributed by atoms with van der Waals surface area (Å²) in [4.78, 5) is 26.6. The molecule has 0 bridgehead atoms. The SMILES string of the molecule is CC(C)c1cc(=O)[nH]c2cc(NC(=O)C(C)(C)C)ccc12. The lowest BCUT2D eigenvalue weighted by molar-refractivity contribution is -0.123. The minimum atomic E-state index is -0.456. The Morgan fingerprint density at radius 2 is 1.86 bits per heavy atom. The van der Waals surface area contributed by atoms with Gasteiger partial charge >= 0.3 is 0 Å². The van der Waals surface area contributed by atoms with Crippen molar-refractivity contribution < 1.29 is 4.79 Å². The van der Waals surface area contributed by atoms with Crippen LogP contribution in [0.3, 0.4) is 0 Å². The predicted octanol–water partition coefficient (Wildman–Crippen LogP) is 3.64. The van der Waals surface area contributed by atoms with E-state index in [-0.39, 0.29) is 17.4 Å². The van der Waals surface area contributed by atoms with Crippen LogP contribution >= 0.6 is 0 Å². The van der Waals surface area contributed by atoms with Crippen molar-refractivity contribution in [2.75, 3.05) is 5.32 Å². The van der Waals surface area contributed by atoms with E-state index in [1.54, 1.807) is 6.07 Å². The van der Waals surface area contributed by atoms with E-state index in [0.717, 1.165) is 16.5 Å². The molecule has 1 aromatic carbocycles. The molecule has 0 unspecified atom stereocenters. The summed E-state index contributed by atoms with van der Waals surface area (Å²) in [6.45, 7) is 9.71. The van der Waals surface area contributed by atoms with E-state index in [9.17, 15) is 9.59 Å². The fraction of sp³-hybridized carbons (Fsp3) is 0.412. The zero-order valence-electron chi connectivity index (χ0n) is 13.2. The van der Waals surface area contributed by atoms with Crippen LogP contribution in [0.25, 0.3) is 10.9 Å². The third kappa shape index (κ3) is 3.32. The fourth-order valence-corrected chi connectivity index (χ4v) is 2.16. The summed E-state index contributed by atoms with van der Waals surface area (Å²) in [5, 5.41) is 3.89.